The number of sulfone groups is 1. The van der Waals surface area contributed by atoms with Gasteiger partial charge in [-0.25, -0.2) is 18.4 Å². The lowest BCUT2D eigenvalue weighted by molar-refractivity contribution is 0.234. The lowest BCUT2D eigenvalue weighted by atomic mass is 10.1. The third-order valence-electron chi connectivity index (χ3n) is 3.20. The van der Waals surface area contributed by atoms with Crippen LogP contribution >= 0.6 is 0 Å². The Morgan fingerprint density at radius 3 is 2.50 bits per heavy atom. The van der Waals surface area contributed by atoms with Crippen LogP contribution < -0.4 is 10.2 Å². The van der Waals surface area contributed by atoms with Crippen LogP contribution in [0.15, 0.2) is 17.3 Å². The van der Waals surface area contributed by atoms with Gasteiger partial charge in [0.05, 0.1) is 12.4 Å². The van der Waals surface area contributed by atoms with Crippen molar-refractivity contribution < 1.29 is 17.2 Å². The van der Waals surface area contributed by atoms with Crippen molar-refractivity contribution in [2.24, 2.45) is 0 Å². The third-order valence-corrected chi connectivity index (χ3v) is 4.54. The fourth-order valence-electron chi connectivity index (χ4n) is 2.01. The molecule has 0 amide bonds. The highest BCUT2D eigenvalue weighted by Crippen LogP contribution is 2.19. The molecule has 2 heterocycles. The Morgan fingerprint density at radius 1 is 1.35 bits per heavy atom. The van der Waals surface area contributed by atoms with E-state index < -0.39 is 20.5 Å². The first-order valence-electron chi connectivity index (χ1n) is 6.16. The Kier molecular flexibility index (Phi) is 4.19. The van der Waals surface area contributed by atoms with Crippen molar-refractivity contribution in [1.82, 2.24) is 15.3 Å². The van der Waals surface area contributed by atoms with Gasteiger partial charge in [0, 0.05) is 25.2 Å². The third kappa shape index (κ3) is 2.88. The summed E-state index contributed by atoms with van der Waals surface area (Å²) in [6.45, 7) is 5.41. The Labute approximate surface area is 116 Å². The molecule has 1 aliphatic heterocycles. The largest absolute Gasteiger partial charge is 0.341 e. The predicted molar refractivity (Wildman–Crippen MR) is 69.5 cm³/mol. The molecule has 0 aliphatic carbocycles. The van der Waals surface area contributed by atoms with E-state index in [9.17, 15) is 17.2 Å². The van der Waals surface area contributed by atoms with Crippen LogP contribution in [0.4, 0.5) is 14.7 Å². The van der Waals surface area contributed by atoms with Crippen LogP contribution in [0.25, 0.3) is 0 Å². The van der Waals surface area contributed by atoms with Crippen molar-refractivity contribution in [3.05, 3.63) is 12.4 Å². The first kappa shape index (κ1) is 15.0. The zero-order valence-electron chi connectivity index (χ0n) is 11.1. The lowest BCUT2D eigenvalue weighted by Crippen LogP contribution is -2.55. The van der Waals surface area contributed by atoms with Gasteiger partial charge in [0.25, 0.3) is 0 Å². The number of rotatable bonds is 3. The molecule has 1 aromatic heterocycles. The first-order chi connectivity index (χ1) is 9.32. The summed E-state index contributed by atoms with van der Waals surface area (Å²) in [5.74, 6) is -3.12. The van der Waals surface area contributed by atoms with Gasteiger partial charge in [-0.15, -0.1) is 0 Å². The van der Waals surface area contributed by atoms with Gasteiger partial charge in [0.2, 0.25) is 15.8 Å². The molecule has 112 valence electrons. The standard InChI is InChI=1S/C11H16F2N4O2S/c1-7-6-17(8(2)3-14-7)11-15-4-9(5-16-11)20(18,19)10(12)13/h4-5,7-8,10,14H,3,6H2,1-2H3/t7-,8+/m1/s1. The van der Waals surface area contributed by atoms with Crippen molar-refractivity contribution in [1.29, 1.82) is 0 Å². The molecule has 1 fully saturated rings. The van der Waals surface area contributed by atoms with Gasteiger partial charge in [0.1, 0.15) is 4.90 Å². The topological polar surface area (TPSA) is 75.2 Å². The monoisotopic (exact) mass is 306 g/mol. The lowest BCUT2D eigenvalue weighted by Gasteiger charge is -2.37. The maximum Gasteiger partial charge on any atom is 0.341 e. The van der Waals surface area contributed by atoms with Crippen molar-refractivity contribution in [3.8, 4) is 0 Å². The Balaban J connectivity index is 2.24. The molecule has 0 radical (unpaired) electrons. The van der Waals surface area contributed by atoms with E-state index in [2.05, 4.69) is 15.3 Å². The molecule has 1 aromatic rings. The fourth-order valence-corrected chi connectivity index (χ4v) is 2.61. The van der Waals surface area contributed by atoms with E-state index in [-0.39, 0.29) is 12.1 Å². The molecule has 0 saturated carbocycles. The van der Waals surface area contributed by atoms with Crippen LogP contribution in [-0.2, 0) is 9.84 Å². The van der Waals surface area contributed by atoms with E-state index in [1.165, 1.54) is 0 Å². The molecule has 0 bridgehead atoms. The highest BCUT2D eigenvalue weighted by Gasteiger charge is 2.29. The minimum absolute atomic E-state index is 0.142. The zero-order valence-corrected chi connectivity index (χ0v) is 11.9. The molecule has 0 unspecified atom stereocenters. The highest BCUT2D eigenvalue weighted by atomic mass is 32.2. The average molecular weight is 306 g/mol. The number of hydrogen-bond donors (Lipinski definition) is 1. The summed E-state index contributed by atoms with van der Waals surface area (Å²) < 4.78 is 47.4. The Bertz CT molecular complexity index is 564. The molecule has 2 rings (SSSR count). The van der Waals surface area contributed by atoms with E-state index >= 15 is 0 Å². The van der Waals surface area contributed by atoms with Crippen molar-refractivity contribution in [2.45, 2.75) is 36.6 Å². The van der Waals surface area contributed by atoms with Gasteiger partial charge in [0.15, 0.2) is 0 Å². The van der Waals surface area contributed by atoms with E-state index in [1.807, 2.05) is 18.7 Å². The fraction of sp³-hybridized carbons (Fsp3) is 0.636. The van der Waals surface area contributed by atoms with Gasteiger partial charge in [-0.1, -0.05) is 0 Å². The summed E-state index contributed by atoms with van der Waals surface area (Å²) in [5, 5.41) is 3.29. The molecule has 1 saturated heterocycles. The van der Waals surface area contributed by atoms with Crippen LogP contribution in [0, 0.1) is 0 Å². The van der Waals surface area contributed by atoms with Gasteiger partial charge in [-0.3, -0.25) is 0 Å². The molecule has 6 nitrogen and oxygen atoms in total. The molecule has 0 aromatic carbocycles. The summed E-state index contributed by atoms with van der Waals surface area (Å²) in [6, 6.07) is 0.392. The number of piperazine rings is 1. The molecular weight excluding hydrogens is 290 g/mol. The minimum atomic E-state index is -4.64. The Hall–Kier alpha value is -1.35. The molecule has 1 N–H and O–H groups in total. The van der Waals surface area contributed by atoms with Crippen LogP contribution in [-0.4, -0.2) is 49.3 Å². The summed E-state index contributed by atoms with van der Waals surface area (Å²) >= 11 is 0. The maximum absolute atomic E-state index is 12.4. The molecule has 2 atom stereocenters. The summed E-state index contributed by atoms with van der Waals surface area (Å²) in [6.07, 6.45) is 1.87. The number of hydrogen-bond acceptors (Lipinski definition) is 6. The van der Waals surface area contributed by atoms with Gasteiger partial charge in [-0.05, 0) is 13.8 Å². The van der Waals surface area contributed by atoms with E-state index in [1.54, 1.807) is 0 Å². The second kappa shape index (κ2) is 5.57. The zero-order chi connectivity index (χ0) is 14.9. The number of halogens is 2. The van der Waals surface area contributed by atoms with E-state index in [0.29, 0.717) is 12.5 Å². The average Bonchev–Trinajstić information content (AvgIpc) is 2.41. The molecule has 1 aliphatic rings. The molecule has 20 heavy (non-hydrogen) atoms. The summed E-state index contributed by atoms with van der Waals surface area (Å²) in [7, 11) is -4.64. The van der Waals surface area contributed by atoms with Gasteiger partial charge in [-0.2, -0.15) is 8.78 Å². The van der Waals surface area contributed by atoms with E-state index in [4.69, 9.17) is 0 Å². The van der Waals surface area contributed by atoms with Crippen molar-refractivity contribution in [2.75, 3.05) is 18.0 Å². The van der Waals surface area contributed by atoms with Crippen LogP contribution in [0.2, 0.25) is 0 Å². The number of nitrogens with zero attached hydrogens (tertiary/aromatic N) is 3. The smallest absolute Gasteiger partial charge is 0.335 e. The summed E-state index contributed by atoms with van der Waals surface area (Å²) in [5.41, 5.74) is 0. The molecular formula is C11H16F2N4O2S. The van der Waals surface area contributed by atoms with Gasteiger partial charge < -0.3 is 10.2 Å². The van der Waals surface area contributed by atoms with Crippen LogP contribution in [0.1, 0.15) is 13.8 Å². The number of anilines is 1. The number of nitrogens with one attached hydrogen (secondary N) is 1. The van der Waals surface area contributed by atoms with E-state index in [0.717, 1.165) is 18.9 Å². The molecule has 0 spiro atoms. The van der Waals surface area contributed by atoms with Crippen molar-refractivity contribution in [3.63, 3.8) is 0 Å². The van der Waals surface area contributed by atoms with Crippen LogP contribution in [0.3, 0.4) is 0 Å². The maximum atomic E-state index is 12.4. The SMILES string of the molecule is C[C@@H]1CN(c2ncc(S(=O)(=O)C(F)F)cn2)[C@@H](C)CN1. The minimum Gasteiger partial charge on any atom is -0.335 e. The molecule has 9 heteroatoms. The second-order valence-electron chi connectivity index (χ2n) is 4.84. The highest BCUT2D eigenvalue weighted by molar-refractivity contribution is 7.91. The summed E-state index contributed by atoms with van der Waals surface area (Å²) in [4.78, 5) is 9.17. The quantitative estimate of drug-likeness (QED) is 0.884. The second-order valence-corrected chi connectivity index (χ2v) is 6.75. The Morgan fingerprint density at radius 2 is 1.95 bits per heavy atom. The van der Waals surface area contributed by atoms with Crippen molar-refractivity contribution >= 4 is 15.8 Å². The normalized spacial score (nSPS) is 24.1. The first-order valence-corrected chi connectivity index (χ1v) is 7.71. The van der Waals surface area contributed by atoms with Crippen LogP contribution in [0.5, 0.6) is 0 Å². The predicted octanol–water partition coefficient (Wildman–Crippen LogP) is 0.659. The number of aromatic nitrogens is 2. The number of alkyl halides is 2. The van der Waals surface area contributed by atoms with Gasteiger partial charge >= 0.3 is 5.76 Å².